The number of allylic oxidation sites excluding steroid dienone is 3. The number of halogens is 1. The van der Waals surface area contributed by atoms with Crippen LogP contribution in [0.25, 0.3) is 0 Å². The molecule has 0 atom stereocenters. The number of aliphatic hydroxyl groups is 1. The zero-order valence-electron chi connectivity index (χ0n) is 6.05. The van der Waals surface area contributed by atoms with Gasteiger partial charge in [0.05, 0.1) is 6.54 Å². The van der Waals surface area contributed by atoms with E-state index in [9.17, 15) is 0 Å². The molecule has 0 aromatic carbocycles. The summed E-state index contributed by atoms with van der Waals surface area (Å²) < 4.78 is 0. The standard InChI is InChI=1S/C8H10ClNO/c1-2-3-7(9)4-5-8(11)6-10/h1,4-5,11H,3,6,10H2/b7-4+,8-5+. The van der Waals surface area contributed by atoms with Crippen LogP contribution in [0, 0.1) is 12.3 Å². The van der Waals surface area contributed by atoms with E-state index in [1.54, 1.807) is 0 Å². The van der Waals surface area contributed by atoms with Gasteiger partial charge in [-0.15, -0.1) is 12.3 Å². The molecule has 0 saturated carbocycles. The first-order valence-electron chi connectivity index (χ1n) is 3.08. The molecule has 0 aromatic heterocycles. The van der Waals surface area contributed by atoms with Crippen LogP contribution in [0.1, 0.15) is 6.42 Å². The Bertz CT molecular complexity index is 213. The second-order valence-corrected chi connectivity index (χ2v) is 2.34. The number of terminal acetylenes is 1. The maximum Gasteiger partial charge on any atom is 0.106 e. The summed E-state index contributed by atoms with van der Waals surface area (Å²) in [6.45, 7) is 0.108. The highest BCUT2D eigenvalue weighted by molar-refractivity contribution is 6.29. The molecule has 60 valence electrons. The van der Waals surface area contributed by atoms with E-state index < -0.39 is 0 Å². The molecule has 0 unspecified atom stereocenters. The Kier molecular flexibility index (Phi) is 5.36. The van der Waals surface area contributed by atoms with Gasteiger partial charge < -0.3 is 10.8 Å². The third-order valence-electron chi connectivity index (χ3n) is 0.937. The summed E-state index contributed by atoms with van der Waals surface area (Å²) in [5, 5.41) is 9.36. The first kappa shape index (κ1) is 10.1. The van der Waals surface area contributed by atoms with Gasteiger partial charge in [0.2, 0.25) is 0 Å². The second-order valence-electron chi connectivity index (χ2n) is 1.86. The summed E-state index contributed by atoms with van der Waals surface area (Å²) in [6, 6.07) is 0. The summed E-state index contributed by atoms with van der Waals surface area (Å²) in [4.78, 5) is 0. The van der Waals surface area contributed by atoms with Crippen LogP contribution in [-0.4, -0.2) is 11.7 Å². The fourth-order valence-electron chi connectivity index (χ4n) is 0.411. The van der Waals surface area contributed by atoms with E-state index in [2.05, 4.69) is 5.92 Å². The average molecular weight is 172 g/mol. The second kappa shape index (κ2) is 5.84. The molecule has 0 fully saturated rings. The van der Waals surface area contributed by atoms with Crippen LogP contribution < -0.4 is 5.73 Å². The van der Waals surface area contributed by atoms with Crippen molar-refractivity contribution in [3.05, 3.63) is 22.9 Å². The number of nitrogens with two attached hydrogens (primary N) is 1. The Labute approximate surface area is 71.4 Å². The molecule has 0 aliphatic heterocycles. The van der Waals surface area contributed by atoms with Crippen molar-refractivity contribution in [3.63, 3.8) is 0 Å². The summed E-state index contributed by atoms with van der Waals surface area (Å²) in [5.74, 6) is 2.45. The van der Waals surface area contributed by atoms with Crippen molar-refractivity contribution < 1.29 is 5.11 Å². The van der Waals surface area contributed by atoms with Crippen molar-refractivity contribution in [1.82, 2.24) is 0 Å². The highest BCUT2D eigenvalue weighted by atomic mass is 35.5. The van der Waals surface area contributed by atoms with Crippen LogP contribution in [-0.2, 0) is 0 Å². The molecule has 2 nitrogen and oxygen atoms in total. The SMILES string of the molecule is C#CC/C(Cl)=C\C=C(\O)CN. The molecular weight excluding hydrogens is 162 g/mol. The van der Waals surface area contributed by atoms with Gasteiger partial charge in [0, 0.05) is 11.5 Å². The molecule has 0 amide bonds. The van der Waals surface area contributed by atoms with Gasteiger partial charge in [-0.25, -0.2) is 0 Å². The Morgan fingerprint density at radius 3 is 2.73 bits per heavy atom. The number of hydrogen-bond donors (Lipinski definition) is 2. The molecule has 3 heteroatoms. The fourth-order valence-corrected chi connectivity index (χ4v) is 0.551. The average Bonchev–Trinajstić information content (AvgIpc) is 2.01. The van der Waals surface area contributed by atoms with E-state index >= 15 is 0 Å². The smallest absolute Gasteiger partial charge is 0.106 e. The molecule has 11 heavy (non-hydrogen) atoms. The molecule has 0 aliphatic carbocycles. The van der Waals surface area contributed by atoms with Crippen LogP contribution in [0.4, 0.5) is 0 Å². The number of aliphatic hydroxyl groups excluding tert-OH is 1. The highest BCUT2D eigenvalue weighted by Gasteiger charge is 1.87. The Morgan fingerprint density at radius 1 is 1.64 bits per heavy atom. The minimum atomic E-state index is 0.0835. The van der Waals surface area contributed by atoms with Gasteiger partial charge in [0.1, 0.15) is 5.76 Å². The molecule has 0 aromatic rings. The molecular formula is C8H10ClNO. The quantitative estimate of drug-likeness (QED) is 0.384. The van der Waals surface area contributed by atoms with Crippen molar-refractivity contribution >= 4 is 11.6 Å². The lowest BCUT2D eigenvalue weighted by Crippen LogP contribution is -2.01. The van der Waals surface area contributed by atoms with Gasteiger partial charge >= 0.3 is 0 Å². The lowest BCUT2D eigenvalue weighted by atomic mass is 10.3. The van der Waals surface area contributed by atoms with E-state index in [0.29, 0.717) is 11.5 Å². The maximum atomic E-state index is 8.86. The largest absolute Gasteiger partial charge is 0.511 e. The normalized spacial score (nSPS) is 12.8. The molecule has 0 radical (unpaired) electrons. The summed E-state index contributed by atoms with van der Waals surface area (Å²) in [6.07, 6.45) is 8.32. The lowest BCUT2D eigenvalue weighted by Gasteiger charge is -1.90. The van der Waals surface area contributed by atoms with Gasteiger partial charge in [-0.1, -0.05) is 11.6 Å². The predicted molar refractivity (Wildman–Crippen MR) is 47.2 cm³/mol. The highest BCUT2D eigenvalue weighted by Crippen LogP contribution is 2.05. The van der Waals surface area contributed by atoms with Crippen molar-refractivity contribution in [2.75, 3.05) is 6.54 Å². The molecule has 0 saturated heterocycles. The van der Waals surface area contributed by atoms with Gasteiger partial charge in [-0.05, 0) is 12.2 Å². The van der Waals surface area contributed by atoms with Gasteiger partial charge in [-0.3, -0.25) is 0 Å². The van der Waals surface area contributed by atoms with Crippen molar-refractivity contribution in [1.29, 1.82) is 0 Å². The first-order valence-corrected chi connectivity index (χ1v) is 3.46. The summed E-state index contributed by atoms with van der Waals surface area (Å²) >= 11 is 5.60. The van der Waals surface area contributed by atoms with Crippen LogP contribution >= 0.6 is 11.6 Å². The minimum Gasteiger partial charge on any atom is -0.511 e. The topological polar surface area (TPSA) is 46.2 Å². The Hall–Kier alpha value is -0.910. The van der Waals surface area contributed by atoms with E-state index in [1.165, 1.54) is 12.2 Å². The van der Waals surface area contributed by atoms with E-state index in [0.717, 1.165) is 0 Å². The van der Waals surface area contributed by atoms with E-state index in [-0.39, 0.29) is 12.3 Å². The molecule has 0 bridgehead atoms. The van der Waals surface area contributed by atoms with Crippen LogP contribution in [0.15, 0.2) is 22.9 Å². The van der Waals surface area contributed by atoms with Gasteiger partial charge in [-0.2, -0.15) is 0 Å². The van der Waals surface area contributed by atoms with Crippen molar-refractivity contribution in [3.8, 4) is 12.3 Å². The van der Waals surface area contributed by atoms with E-state index in [4.69, 9.17) is 28.9 Å². The lowest BCUT2D eigenvalue weighted by molar-refractivity contribution is 0.404. The van der Waals surface area contributed by atoms with Crippen LogP contribution in [0.5, 0.6) is 0 Å². The molecule has 0 aliphatic rings. The van der Waals surface area contributed by atoms with Gasteiger partial charge in [0.25, 0.3) is 0 Å². The molecule has 3 N–H and O–H groups in total. The van der Waals surface area contributed by atoms with Crippen molar-refractivity contribution in [2.24, 2.45) is 5.73 Å². The number of rotatable bonds is 3. The first-order chi connectivity index (χ1) is 5.20. The van der Waals surface area contributed by atoms with Crippen LogP contribution in [0.2, 0.25) is 0 Å². The van der Waals surface area contributed by atoms with E-state index in [1.807, 2.05) is 0 Å². The predicted octanol–water partition coefficient (Wildman–Crippen LogP) is 1.53. The molecule has 0 heterocycles. The summed E-state index contributed by atoms with van der Waals surface area (Å²) in [5.41, 5.74) is 5.10. The Morgan fingerprint density at radius 2 is 2.27 bits per heavy atom. The molecule has 0 spiro atoms. The zero-order valence-corrected chi connectivity index (χ0v) is 6.80. The fraction of sp³-hybridized carbons (Fsp3) is 0.250. The zero-order chi connectivity index (χ0) is 8.69. The molecule has 0 rings (SSSR count). The van der Waals surface area contributed by atoms with Gasteiger partial charge in [0.15, 0.2) is 0 Å². The minimum absolute atomic E-state index is 0.0835. The third-order valence-corrected chi connectivity index (χ3v) is 1.20. The maximum absolute atomic E-state index is 8.86. The monoisotopic (exact) mass is 171 g/mol. The third kappa shape index (κ3) is 5.53. The van der Waals surface area contributed by atoms with Crippen molar-refractivity contribution in [2.45, 2.75) is 6.42 Å². The van der Waals surface area contributed by atoms with Crippen LogP contribution in [0.3, 0.4) is 0 Å². The summed E-state index contributed by atoms with van der Waals surface area (Å²) in [7, 11) is 0. The Balaban J connectivity index is 4.02. The number of hydrogen-bond acceptors (Lipinski definition) is 2.